The molecule has 0 bridgehead atoms. The van der Waals surface area contributed by atoms with Crippen LogP contribution in [0, 0.1) is 6.92 Å². The average molecular weight is 255 g/mol. The zero-order chi connectivity index (χ0) is 13.5. The van der Waals surface area contributed by atoms with E-state index in [4.69, 9.17) is 4.74 Å². The second-order valence-electron chi connectivity index (χ2n) is 4.63. The highest BCUT2D eigenvalue weighted by molar-refractivity contribution is 5.33. The van der Waals surface area contributed by atoms with Crippen LogP contribution in [0.3, 0.4) is 0 Å². The summed E-state index contributed by atoms with van der Waals surface area (Å²) in [7, 11) is 0. The SMILES string of the molecule is CCOc1ccccc1CNCc1cccc(C)c1. The van der Waals surface area contributed by atoms with Gasteiger partial charge in [-0.05, 0) is 25.5 Å². The Labute approximate surface area is 115 Å². The van der Waals surface area contributed by atoms with E-state index in [1.165, 1.54) is 16.7 Å². The summed E-state index contributed by atoms with van der Waals surface area (Å²) in [6.07, 6.45) is 0. The van der Waals surface area contributed by atoms with E-state index in [0.717, 1.165) is 18.8 Å². The molecule has 1 N–H and O–H groups in total. The predicted octanol–water partition coefficient (Wildman–Crippen LogP) is 3.68. The molecule has 0 aliphatic heterocycles. The first-order chi connectivity index (χ1) is 9.29. The molecule has 0 radical (unpaired) electrons. The summed E-state index contributed by atoms with van der Waals surface area (Å²) in [4.78, 5) is 0. The van der Waals surface area contributed by atoms with Crippen LogP contribution in [-0.4, -0.2) is 6.61 Å². The Balaban J connectivity index is 1.92. The van der Waals surface area contributed by atoms with Gasteiger partial charge in [0.05, 0.1) is 6.61 Å². The molecule has 0 spiro atoms. The second-order valence-corrected chi connectivity index (χ2v) is 4.63. The van der Waals surface area contributed by atoms with Gasteiger partial charge in [-0.3, -0.25) is 0 Å². The monoisotopic (exact) mass is 255 g/mol. The average Bonchev–Trinajstić information content (AvgIpc) is 2.41. The van der Waals surface area contributed by atoms with Crippen molar-refractivity contribution in [2.75, 3.05) is 6.61 Å². The molecule has 0 unspecified atom stereocenters. The lowest BCUT2D eigenvalue weighted by Crippen LogP contribution is -2.13. The van der Waals surface area contributed by atoms with Gasteiger partial charge in [-0.1, -0.05) is 48.0 Å². The third-order valence-electron chi connectivity index (χ3n) is 3.00. The van der Waals surface area contributed by atoms with E-state index in [9.17, 15) is 0 Å². The molecule has 0 saturated heterocycles. The summed E-state index contributed by atoms with van der Waals surface area (Å²) in [5.74, 6) is 0.974. The maximum Gasteiger partial charge on any atom is 0.123 e. The van der Waals surface area contributed by atoms with Crippen LogP contribution in [0.4, 0.5) is 0 Å². The third-order valence-corrected chi connectivity index (χ3v) is 3.00. The van der Waals surface area contributed by atoms with Gasteiger partial charge in [-0.2, -0.15) is 0 Å². The number of para-hydroxylation sites is 1. The van der Waals surface area contributed by atoms with Crippen LogP contribution in [0.25, 0.3) is 0 Å². The first kappa shape index (κ1) is 13.6. The molecule has 2 nitrogen and oxygen atoms in total. The van der Waals surface area contributed by atoms with Crippen molar-refractivity contribution in [3.05, 3.63) is 65.2 Å². The zero-order valence-corrected chi connectivity index (χ0v) is 11.6. The first-order valence-electron chi connectivity index (χ1n) is 6.76. The molecular weight excluding hydrogens is 234 g/mol. The van der Waals surface area contributed by atoms with Gasteiger partial charge in [-0.15, -0.1) is 0 Å². The summed E-state index contributed by atoms with van der Waals surface area (Å²) in [5.41, 5.74) is 3.82. The van der Waals surface area contributed by atoms with Crippen LogP contribution in [0.2, 0.25) is 0 Å². The molecule has 2 heteroatoms. The van der Waals surface area contributed by atoms with Crippen molar-refractivity contribution in [2.24, 2.45) is 0 Å². The maximum atomic E-state index is 5.62. The molecule has 2 aromatic rings. The van der Waals surface area contributed by atoms with Gasteiger partial charge in [0.25, 0.3) is 0 Å². The summed E-state index contributed by atoms with van der Waals surface area (Å²) in [5, 5.41) is 3.46. The normalized spacial score (nSPS) is 10.4. The molecule has 19 heavy (non-hydrogen) atoms. The Morgan fingerprint density at radius 1 is 1.00 bits per heavy atom. The number of hydrogen-bond donors (Lipinski definition) is 1. The van der Waals surface area contributed by atoms with E-state index in [-0.39, 0.29) is 0 Å². The number of benzene rings is 2. The molecule has 0 saturated carbocycles. The molecule has 0 heterocycles. The van der Waals surface area contributed by atoms with Crippen LogP contribution in [0.5, 0.6) is 5.75 Å². The Bertz CT molecular complexity index is 522. The summed E-state index contributed by atoms with van der Waals surface area (Å²) in [6, 6.07) is 16.8. The summed E-state index contributed by atoms with van der Waals surface area (Å²) in [6.45, 7) is 6.53. The van der Waals surface area contributed by atoms with Gasteiger partial charge in [0, 0.05) is 18.7 Å². The van der Waals surface area contributed by atoms with E-state index in [1.807, 2.05) is 25.1 Å². The molecule has 0 amide bonds. The lowest BCUT2D eigenvalue weighted by atomic mass is 10.1. The highest BCUT2D eigenvalue weighted by Crippen LogP contribution is 2.17. The van der Waals surface area contributed by atoms with Crippen molar-refractivity contribution in [2.45, 2.75) is 26.9 Å². The fourth-order valence-corrected chi connectivity index (χ4v) is 2.11. The minimum atomic E-state index is 0.703. The second kappa shape index (κ2) is 6.95. The fraction of sp³-hybridized carbons (Fsp3) is 0.294. The van der Waals surface area contributed by atoms with Crippen molar-refractivity contribution in [3.63, 3.8) is 0 Å². The fourth-order valence-electron chi connectivity index (χ4n) is 2.11. The smallest absolute Gasteiger partial charge is 0.123 e. The Morgan fingerprint density at radius 3 is 2.63 bits per heavy atom. The van der Waals surface area contributed by atoms with Gasteiger partial charge in [-0.25, -0.2) is 0 Å². The van der Waals surface area contributed by atoms with Gasteiger partial charge < -0.3 is 10.1 Å². The lowest BCUT2D eigenvalue weighted by molar-refractivity contribution is 0.335. The molecule has 2 aromatic carbocycles. The predicted molar refractivity (Wildman–Crippen MR) is 79.3 cm³/mol. The minimum absolute atomic E-state index is 0.703. The van der Waals surface area contributed by atoms with Crippen LogP contribution in [0.1, 0.15) is 23.6 Å². The molecular formula is C17H21NO. The summed E-state index contributed by atoms with van der Waals surface area (Å²) >= 11 is 0. The van der Waals surface area contributed by atoms with Gasteiger partial charge in [0.15, 0.2) is 0 Å². The van der Waals surface area contributed by atoms with Crippen LogP contribution >= 0.6 is 0 Å². The number of aryl methyl sites for hydroxylation is 1. The Kier molecular flexibility index (Phi) is 4.99. The molecule has 2 rings (SSSR count). The molecule has 0 atom stereocenters. The topological polar surface area (TPSA) is 21.3 Å². The van der Waals surface area contributed by atoms with Gasteiger partial charge >= 0.3 is 0 Å². The van der Waals surface area contributed by atoms with E-state index in [1.54, 1.807) is 0 Å². The van der Waals surface area contributed by atoms with E-state index in [0.29, 0.717) is 6.61 Å². The molecule has 0 fully saturated rings. The largest absolute Gasteiger partial charge is 0.494 e. The van der Waals surface area contributed by atoms with Crippen LogP contribution in [0.15, 0.2) is 48.5 Å². The van der Waals surface area contributed by atoms with Crippen molar-refractivity contribution in [1.29, 1.82) is 0 Å². The van der Waals surface area contributed by atoms with Crippen molar-refractivity contribution in [1.82, 2.24) is 5.32 Å². The van der Waals surface area contributed by atoms with Crippen molar-refractivity contribution < 1.29 is 4.74 Å². The number of ether oxygens (including phenoxy) is 1. The summed E-state index contributed by atoms with van der Waals surface area (Å²) < 4.78 is 5.62. The highest BCUT2D eigenvalue weighted by Gasteiger charge is 2.01. The quantitative estimate of drug-likeness (QED) is 0.850. The standard InChI is InChI=1S/C17H21NO/c1-3-19-17-10-5-4-9-16(17)13-18-12-15-8-6-7-14(2)11-15/h4-11,18H,3,12-13H2,1-2H3. The number of nitrogens with one attached hydrogen (secondary N) is 1. The Morgan fingerprint density at radius 2 is 1.84 bits per heavy atom. The zero-order valence-electron chi connectivity index (χ0n) is 11.6. The van der Waals surface area contributed by atoms with Crippen LogP contribution in [-0.2, 0) is 13.1 Å². The van der Waals surface area contributed by atoms with Crippen LogP contribution < -0.4 is 10.1 Å². The van der Waals surface area contributed by atoms with E-state index >= 15 is 0 Å². The van der Waals surface area contributed by atoms with Gasteiger partial charge in [0.2, 0.25) is 0 Å². The third kappa shape index (κ3) is 4.11. The number of rotatable bonds is 6. The van der Waals surface area contributed by atoms with E-state index < -0.39 is 0 Å². The molecule has 0 aliphatic rings. The number of hydrogen-bond acceptors (Lipinski definition) is 2. The van der Waals surface area contributed by atoms with Crippen molar-refractivity contribution >= 4 is 0 Å². The molecule has 0 aliphatic carbocycles. The van der Waals surface area contributed by atoms with E-state index in [2.05, 4.69) is 42.6 Å². The molecule has 100 valence electrons. The molecule has 0 aromatic heterocycles. The minimum Gasteiger partial charge on any atom is -0.494 e. The first-order valence-corrected chi connectivity index (χ1v) is 6.76. The highest BCUT2D eigenvalue weighted by atomic mass is 16.5. The van der Waals surface area contributed by atoms with Crippen molar-refractivity contribution in [3.8, 4) is 5.75 Å². The van der Waals surface area contributed by atoms with Gasteiger partial charge in [0.1, 0.15) is 5.75 Å². The maximum absolute atomic E-state index is 5.62. The lowest BCUT2D eigenvalue weighted by Gasteiger charge is -2.11. The Hall–Kier alpha value is -1.80.